The SMILES string of the molecule is COc1ccc(CC(=O)N2CCC(NC(=O)c3ccc(=O)[nH]n3)CC2)cc1. The zero-order chi connectivity index (χ0) is 19.2. The summed E-state index contributed by atoms with van der Waals surface area (Å²) in [6, 6.07) is 10.1. The molecule has 1 saturated heterocycles. The van der Waals surface area contributed by atoms with E-state index in [0.29, 0.717) is 32.4 Å². The molecule has 0 atom stereocenters. The average Bonchev–Trinajstić information content (AvgIpc) is 2.69. The monoisotopic (exact) mass is 370 g/mol. The summed E-state index contributed by atoms with van der Waals surface area (Å²) in [7, 11) is 1.61. The smallest absolute Gasteiger partial charge is 0.271 e. The van der Waals surface area contributed by atoms with E-state index in [1.165, 1.54) is 12.1 Å². The molecule has 1 fully saturated rings. The van der Waals surface area contributed by atoms with E-state index in [9.17, 15) is 14.4 Å². The van der Waals surface area contributed by atoms with Crippen LogP contribution in [0.5, 0.6) is 5.75 Å². The van der Waals surface area contributed by atoms with Crippen molar-refractivity contribution in [1.82, 2.24) is 20.4 Å². The Balaban J connectivity index is 1.47. The maximum atomic E-state index is 12.5. The number of piperidine rings is 1. The number of benzene rings is 1. The van der Waals surface area contributed by atoms with Crippen LogP contribution in [0.4, 0.5) is 0 Å². The molecule has 2 aromatic rings. The molecule has 0 unspecified atom stereocenters. The zero-order valence-corrected chi connectivity index (χ0v) is 15.1. The number of H-pyrrole nitrogens is 1. The summed E-state index contributed by atoms with van der Waals surface area (Å²) in [6.07, 6.45) is 1.72. The Labute approximate surface area is 156 Å². The van der Waals surface area contributed by atoms with Gasteiger partial charge in [-0.15, -0.1) is 0 Å². The van der Waals surface area contributed by atoms with E-state index in [2.05, 4.69) is 15.5 Å². The molecule has 8 nitrogen and oxygen atoms in total. The van der Waals surface area contributed by atoms with E-state index in [4.69, 9.17) is 4.74 Å². The number of aromatic amines is 1. The van der Waals surface area contributed by atoms with E-state index in [0.717, 1.165) is 11.3 Å². The maximum Gasteiger partial charge on any atom is 0.271 e. The van der Waals surface area contributed by atoms with Crippen molar-refractivity contribution in [2.24, 2.45) is 0 Å². The van der Waals surface area contributed by atoms with Gasteiger partial charge in [-0.3, -0.25) is 14.4 Å². The summed E-state index contributed by atoms with van der Waals surface area (Å²) < 4.78 is 5.12. The highest BCUT2D eigenvalue weighted by Crippen LogP contribution is 2.15. The number of ether oxygens (including phenoxy) is 1. The van der Waals surface area contributed by atoms with Gasteiger partial charge in [0.15, 0.2) is 0 Å². The highest BCUT2D eigenvalue weighted by Gasteiger charge is 2.24. The van der Waals surface area contributed by atoms with Crippen molar-refractivity contribution in [1.29, 1.82) is 0 Å². The minimum atomic E-state index is -0.352. The van der Waals surface area contributed by atoms with E-state index in [1.54, 1.807) is 7.11 Å². The largest absolute Gasteiger partial charge is 0.497 e. The highest BCUT2D eigenvalue weighted by atomic mass is 16.5. The van der Waals surface area contributed by atoms with Crippen LogP contribution in [-0.2, 0) is 11.2 Å². The summed E-state index contributed by atoms with van der Waals surface area (Å²) >= 11 is 0. The Bertz CT molecular complexity index is 834. The first-order valence-electron chi connectivity index (χ1n) is 8.82. The third-order valence-corrected chi connectivity index (χ3v) is 4.61. The molecule has 2 amide bonds. The summed E-state index contributed by atoms with van der Waals surface area (Å²) in [5, 5.41) is 8.87. The number of hydrogen-bond acceptors (Lipinski definition) is 5. The van der Waals surface area contributed by atoms with Gasteiger partial charge in [0, 0.05) is 25.2 Å². The van der Waals surface area contributed by atoms with Gasteiger partial charge in [0.2, 0.25) is 5.91 Å². The summed E-state index contributed by atoms with van der Waals surface area (Å²) in [4.78, 5) is 37.4. The Morgan fingerprint density at radius 3 is 2.48 bits per heavy atom. The van der Waals surface area contributed by atoms with Crippen LogP contribution >= 0.6 is 0 Å². The number of nitrogens with zero attached hydrogens (tertiary/aromatic N) is 2. The number of nitrogens with one attached hydrogen (secondary N) is 2. The lowest BCUT2D eigenvalue weighted by Crippen LogP contribution is -2.47. The number of carbonyl (C=O) groups is 2. The summed E-state index contributed by atoms with van der Waals surface area (Å²) in [6.45, 7) is 1.19. The van der Waals surface area contributed by atoms with Gasteiger partial charge in [-0.25, -0.2) is 5.10 Å². The molecule has 3 rings (SSSR count). The first kappa shape index (κ1) is 18.6. The van der Waals surface area contributed by atoms with Crippen molar-refractivity contribution in [3.63, 3.8) is 0 Å². The van der Waals surface area contributed by atoms with Gasteiger partial charge in [-0.1, -0.05) is 12.1 Å². The van der Waals surface area contributed by atoms with Crippen LogP contribution in [0.1, 0.15) is 28.9 Å². The second-order valence-electron chi connectivity index (χ2n) is 6.46. The number of hydrogen-bond donors (Lipinski definition) is 2. The quantitative estimate of drug-likeness (QED) is 0.808. The Morgan fingerprint density at radius 2 is 1.89 bits per heavy atom. The molecule has 0 radical (unpaired) electrons. The van der Waals surface area contributed by atoms with Gasteiger partial charge in [-0.05, 0) is 36.6 Å². The lowest BCUT2D eigenvalue weighted by atomic mass is 10.0. The lowest BCUT2D eigenvalue weighted by Gasteiger charge is -2.32. The van der Waals surface area contributed by atoms with Gasteiger partial charge in [0.25, 0.3) is 11.5 Å². The topological polar surface area (TPSA) is 104 Å². The molecule has 1 aliphatic heterocycles. The fourth-order valence-corrected chi connectivity index (χ4v) is 3.03. The number of likely N-dealkylation sites (tertiary alicyclic amines) is 1. The van der Waals surface area contributed by atoms with Crippen molar-refractivity contribution in [2.75, 3.05) is 20.2 Å². The minimum Gasteiger partial charge on any atom is -0.497 e. The molecule has 1 aliphatic rings. The first-order valence-corrected chi connectivity index (χ1v) is 8.82. The van der Waals surface area contributed by atoms with Gasteiger partial charge in [0.05, 0.1) is 13.5 Å². The fourth-order valence-electron chi connectivity index (χ4n) is 3.03. The first-order chi connectivity index (χ1) is 13.0. The van der Waals surface area contributed by atoms with Crippen molar-refractivity contribution in [2.45, 2.75) is 25.3 Å². The molecule has 2 N–H and O–H groups in total. The van der Waals surface area contributed by atoms with Crippen molar-refractivity contribution < 1.29 is 14.3 Å². The molecule has 0 aliphatic carbocycles. The number of amides is 2. The molecule has 2 heterocycles. The predicted molar refractivity (Wildman–Crippen MR) is 98.6 cm³/mol. The van der Waals surface area contributed by atoms with Crippen molar-refractivity contribution in [3.05, 3.63) is 58.0 Å². The van der Waals surface area contributed by atoms with Crippen LogP contribution in [-0.4, -0.2) is 53.2 Å². The molecule has 0 saturated carbocycles. The minimum absolute atomic E-state index is 0.0173. The standard InChI is InChI=1S/C19H22N4O4/c1-27-15-4-2-13(3-5-15)12-18(25)23-10-8-14(9-11-23)20-19(26)16-6-7-17(24)22-21-16/h2-7,14H,8-12H2,1H3,(H,20,26)(H,22,24). The third kappa shape index (κ3) is 4.93. The average molecular weight is 370 g/mol. The van der Waals surface area contributed by atoms with Gasteiger partial charge < -0.3 is 15.0 Å². The number of aromatic nitrogens is 2. The van der Waals surface area contributed by atoms with Gasteiger partial charge in [-0.2, -0.15) is 5.10 Å². The number of carbonyl (C=O) groups excluding carboxylic acids is 2. The molecular weight excluding hydrogens is 348 g/mol. The van der Waals surface area contributed by atoms with Crippen molar-refractivity contribution in [3.8, 4) is 5.75 Å². The van der Waals surface area contributed by atoms with E-state index in [1.807, 2.05) is 29.2 Å². The molecule has 0 spiro atoms. The zero-order valence-electron chi connectivity index (χ0n) is 15.1. The van der Waals surface area contributed by atoms with E-state index < -0.39 is 0 Å². The highest BCUT2D eigenvalue weighted by molar-refractivity contribution is 5.92. The van der Waals surface area contributed by atoms with Gasteiger partial charge in [0.1, 0.15) is 11.4 Å². The van der Waals surface area contributed by atoms with Crippen LogP contribution in [0, 0.1) is 0 Å². The maximum absolute atomic E-state index is 12.5. The molecule has 142 valence electrons. The normalized spacial score (nSPS) is 14.6. The molecule has 1 aromatic heterocycles. The number of rotatable bonds is 5. The molecule has 8 heteroatoms. The van der Waals surface area contributed by atoms with Crippen LogP contribution in [0.3, 0.4) is 0 Å². The Hall–Kier alpha value is -3.16. The fraction of sp³-hybridized carbons (Fsp3) is 0.368. The summed E-state index contributed by atoms with van der Waals surface area (Å²) in [5.74, 6) is 0.515. The van der Waals surface area contributed by atoms with Crippen LogP contribution < -0.4 is 15.6 Å². The lowest BCUT2D eigenvalue weighted by molar-refractivity contribution is -0.131. The third-order valence-electron chi connectivity index (χ3n) is 4.61. The molecular formula is C19H22N4O4. The summed E-state index contributed by atoms with van der Waals surface area (Å²) in [5.41, 5.74) is 0.767. The van der Waals surface area contributed by atoms with E-state index in [-0.39, 0.29) is 29.1 Å². The van der Waals surface area contributed by atoms with Crippen LogP contribution in [0.15, 0.2) is 41.2 Å². The van der Waals surface area contributed by atoms with E-state index >= 15 is 0 Å². The Morgan fingerprint density at radius 1 is 1.19 bits per heavy atom. The predicted octanol–water partition coefficient (Wildman–Crippen LogP) is 0.742. The van der Waals surface area contributed by atoms with Crippen LogP contribution in [0.2, 0.25) is 0 Å². The molecule has 1 aromatic carbocycles. The van der Waals surface area contributed by atoms with Crippen LogP contribution in [0.25, 0.3) is 0 Å². The second kappa shape index (κ2) is 8.48. The molecule has 0 bridgehead atoms. The second-order valence-corrected chi connectivity index (χ2v) is 6.46. The van der Waals surface area contributed by atoms with Crippen molar-refractivity contribution >= 4 is 11.8 Å². The molecule has 27 heavy (non-hydrogen) atoms. The number of methoxy groups -OCH3 is 1. The van der Waals surface area contributed by atoms with Gasteiger partial charge >= 0.3 is 0 Å². The Kier molecular flexibility index (Phi) is 5.85.